The standard InChI is InChI=1S/C24H22Cl2N2O5S2/c25-17-12-18(26)14-19(13-17)35(32,33)28-9-1-3-21(28)23(29)27-20(24(30)31)11-15-5-7-16(8-6-15)22-4-2-10-34-22/h2,4-8,10,12-14,20-21H,1,3,9,11H2,(H,27,29)(H,30,31)/t20-,21-/m0/s1. The molecule has 3 aromatic rings. The molecule has 0 saturated carbocycles. The molecule has 4 rings (SSSR count). The van der Waals surface area contributed by atoms with Crippen molar-refractivity contribution in [2.45, 2.75) is 36.2 Å². The Hall–Kier alpha value is -2.43. The molecule has 0 bridgehead atoms. The molecule has 2 atom stereocenters. The first-order valence-corrected chi connectivity index (χ1v) is 13.9. The lowest BCUT2D eigenvalue weighted by Gasteiger charge is -2.25. The zero-order valence-corrected chi connectivity index (χ0v) is 21.5. The van der Waals surface area contributed by atoms with Gasteiger partial charge in [-0.15, -0.1) is 11.3 Å². The van der Waals surface area contributed by atoms with Crippen LogP contribution in [-0.4, -0.2) is 48.3 Å². The highest BCUT2D eigenvalue weighted by Gasteiger charge is 2.40. The number of benzene rings is 2. The number of amides is 1. The van der Waals surface area contributed by atoms with Gasteiger partial charge in [0.1, 0.15) is 12.1 Å². The van der Waals surface area contributed by atoms with Crippen LogP contribution in [0.1, 0.15) is 18.4 Å². The van der Waals surface area contributed by atoms with Crippen LogP contribution < -0.4 is 5.32 Å². The van der Waals surface area contributed by atoms with Crippen molar-refractivity contribution in [2.75, 3.05) is 6.54 Å². The third kappa shape index (κ3) is 5.87. The number of carbonyl (C=O) groups excluding carboxylic acids is 1. The average molecular weight is 553 g/mol. The molecule has 0 radical (unpaired) electrons. The predicted octanol–water partition coefficient (Wildman–Crippen LogP) is 4.69. The van der Waals surface area contributed by atoms with Gasteiger partial charge in [-0.2, -0.15) is 4.31 Å². The fraction of sp³-hybridized carbons (Fsp3) is 0.250. The van der Waals surface area contributed by atoms with Crippen molar-refractivity contribution in [1.29, 1.82) is 0 Å². The van der Waals surface area contributed by atoms with Gasteiger partial charge in [0.25, 0.3) is 0 Å². The number of aliphatic carboxylic acids is 1. The summed E-state index contributed by atoms with van der Waals surface area (Å²) in [5.74, 6) is -1.85. The molecule has 0 unspecified atom stereocenters. The molecule has 7 nitrogen and oxygen atoms in total. The summed E-state index contributed by atoms with van der Waals surface area (Å²) in [6, 6.07) is 13.1. The van der Waals surface area contributed by atoms with E-state index in [1.807, 2.05) is 41.8 Å². The molecule has 1 aliphatic rings. The quantitative estimate of drug-likeness (QED) is 0.422. The van der Waals surface area contributed by atoms with Gasteiger partial charge in [0, 0.05) is 27.9 Å². The second-order valence-corrected chi connectivity index (χ2v) is 11.9. The van der Waals surface area contributed by atoms with Gasteiger partial charge < -0.3 is 10.4 Å². The number of thiophene rings is 1. The highest BCUT2D eigenvalue weighted by molar-refractivity contribution is 7.89. The lowest BCUT2D eigenvalue weighted by molar-refractivity contribution is -0.142. The van der Waals surface area contributed by atoms with Gasteiger partial charge in [-0.3, -0.25) is 4.79 Å². The minimum absolute atomic E-state index is 0.0646. The number of halogens is 2. The maximum absolute atomic E-state index is 13.2. The second kappa shape index (κ2) is 10.7. The Bertz CT molecular complexity index is 1310. The van der Waals surface area contributed by atoms with E-state index in [0.29, 0.717) is 6.42 Å². The Morgan fingerprint density at radius 1 is 1.11 bits per heavy atom. The summed E-state index contributed by atoms with van der Waals surface area (Å²) in [6.07, 6.45) is 0.809. The van der Waals surface area contributed by atoms with Gasteiger partial charge in [-0.05, 0) is 53.6 Å². The van der Waals surface area contributed by atoms with E-state index in [1.54, 1.807) is 11.3 Å². The number of carboxylic acids is 1. The third-order valence-electron chi connectivity index (χ3n) is 5.76. The van der Waals surface area contributed by atoms with E-state index < -0.39 is 34.0 Å². The molecule has 0 spiro atoms. The average Bonchev–Trinajstić information content (AvgIpc) is 3.51. The van der Waals surface area contributed by atoms with Crippen LogP contribution in [-0.2, 0) is 26.0 Å². The molecule has 35 heavy (non-hydrogen) atoms. The molecule has 1 amide bonds. The topological polar surface area (TPSA) is 104 Å². The van der Waals surface area contributed by atoms with Crippen LogP contribution in [0.2, 0.25) is 10.0 Å². The molecule has 2 N–H and O–H groups in total. The Labute approximate surface area is 217 Å². The van der Waals surface area contributed by atoms with Crippen molar-refractivity contribution in [1.82, 2.24) is 9.62 Å². The van der Waals surface area contributed by atoms with E-state index in [-0.39, 0.29) is 34.3 Å². The maximum atomic E-state index is 13.2. The number of hydrogen-bond donors (Lipinski definition) is 2. The number of nitrogens with one attached hydrogen (secondary N) is 1. The number of hydrogen-bond acceptors (Lipinski definition) is 5. The summed E-state index contributed by atoms with van der Waals surface area (Å²) >= 11 is 13.5. The van der Waals surface area contributed by atoms with Crippen molar-refractivity contribution < 1.29 is 23.1 Å². The van der Waals surface area contributed by atoms with Crippen LogP contribution in [0.5, 0.6) is 0 Å². The van der Waals surface area contributed by atoms with Gasteiger partial charge in [-0.1, -0.05) is 53.5 Å². The Morgan fingerprint density at radius 3 is 2.40 bits per heavy atom. The van der Waals surface area contributed by atoms with Crippen molar-refractivity contribution in [3.63, 3.8) is 0 Å². The number of nitrogens with zero attached hydrogens (tertiary/aromatic N) is 1. The summed E-state index contributed by atoms with van der Waals surface area (Å²) in [4.78, 5) is 25.9. The van der Waals surface area contributed by atoms with Gasteiger partial charge in [0.2, 0.25) is 15.9 Å². The first-order chi connectivity index (χ1) is 16.6. The van der Waals surface area contributed by atoms with Gasteiger partial charge in [0.15, 0.2) is 0 Å². The third-order valence-corrected chi connectivity index (χ3v) is 9.00. The van der Waals surface area contributed by atoms with Crippen molar-refractivity contribution in [3.05, 3.63) is 75.6 Å². The minimum atomic E-state index is -4.06. The second-order valence-electron chi connectivity index (χ2n) is 8.16. The molecule has 0 aliphatic carbocycles. The molecular weight excluding hydrogens is 531 g/mol. The summed E-state index contributed by atoms with van der Waals surface area (Å²) in [6.45, 7) is 0.131. The van der Waals surface area contributed by atoms with E-state index in [4.69, 9.17) is 23.2 Å². The van der Waals surface area contributed by atoms with Crippen molar-refractivity contribution in [2.24, 2.45) is 0 Å². The molecule has 1 aliphatic heterocycles. The van der Waals surface area contributed by atoms with E-state index in [0.717, 1.165) is 20.3 Å². The highest BCUT2D eigenvalue weighted by Crippen LogP contribution is 2.30. The lowest BCUT2D eigenvalue weighted by atomic mass is 10.0. The van der Waals surface area contributed by atoms with Gasteiger partial charge in [-0.25, -0.2) is 13.2 Å². The highest BCUT2D eigenvalue weighted by atomic mass is 35.5. The van der Waals surface area contributed by atoms with E-state index in [1.165, 1.54) is 18.2 Å². The molecule has 1 saturated heterocycles. The van der Waals surface area contributed by atoms with Crippen LogP contribution in [0.25, 0.3) is 10.4 Å². The van der Waals surface area contributed by atoms with Gasteiger partial charge >= 0.3 is 5.97 Å². The largest absolute Gasteiger partial charge is 0.480 e. The molecule has 2 heterocycles. The first-order valence-electron chi connectivity index (χ1n) is 10.8. The number of carbonyl (C=O) groups is 2. The molecule has 1 fully saturated rings. The minimum Gasteiger partial charge on any atom is -0.480 e. The fourth-order valence-corrected chi connectivity index (χ4v) is 7.17. The van der Waals surface area contributed by atoms with Crippen molar-refractivity contribution >= 4 is 56.4 Å². The summed E-state index contributed by atoms with van der Waals surface area (Å²) < 4.78 is 27.5. The Balaban J connectivity index is 1.48. The first kappa shape index (κ1) is 25.7. The molecular formula is C24H22Cl2N2O5S2. The number of sulfonamides is 1. The van der Waals surface area contributed by atoms with Crippen LogP contribution in [0.4, 0.5) is 0 Å². The van der Waals surface area contributed by atoms with Crippen LogP contribution in [0, 0.1) is 0 Å². The van der Waals surface area contributed by atoms with Crippen LogP contribution in [0.15, 0.2) is 64.9 Å². The fourth-order valence-electron chi connectivity index (χ4n) is 4.05. The lowest BCUT2D eigenvalue weighted by Crippen LogP contribution is -2.51. The molecule has 2 aromatic carbocycles. The zero-order valence-electron chi connectivity index (χ0n) is 18.4. The number of carboxylic acid groups (broad SMARTS) is 1. The smallest absolute Gasteiger partial charge is 0.326 e. The SMILES string of the molecule is O=C(O)[C@H](Cc1ccc(-c2cccs2)cc1)NC(=O)[C@@H]1CCCN1S(=O)(=O)c1cc(Cl)cc(Cl)c1. The predicted molar refractivity (Wildman–Crippen MR) is 136 cm³/mol. The van der Waals surface area contributed by atoms with E-state index >= 15 is 0 Å². The molecule has 1 aromatic heterocycles. The molecule has 11 heteroatoms. The van der Waals surface area contributed by atoms with Crippen LogP contribution >= 0.6 is 34.5 Å². The van der Waals surface area contributed by atoms with Gasteiger partial charge in [0.05, 0.1) is 4.90 Å². The van der Waals surface area contributed by atoms with E-state index in [2.05, 4.69) is 5.32 Å². The summed E-state index contributed by atoms with van der Waals surface area (Å²) in [5.41, 5.74) is 1.76. The summed E-state index contributed by atoms with van der Waals surface area (Å²) in [7, 11) is -4.06. The number of rotatable bonds is 8. The molecule has 184 valence electrons. The van der Waals surface area contributed by atoms with Crippen molar-refractivity contribution in [3.8, 4) is 10.4 Å². The monoisotopic (exact) mass is 552 g/mol. The van der Waals surface area contributed by atoms with E-state index in [9.17, 15) is 23.1 Å². The summed E-state index contributed by atoms with van der Waals surface area (Å²) in [5, 5.41) is 14.6. The Kier molecular flexibility index (Phi) is 7.83. The Morgan fingerprint density at radius 2 is 1.80 bits per heavy atom. The van der Waals surface area contributed by atoms with Crippen LogP contribution in [0.3, 0.4) is 0 Å². The maximum Gasteiger partial charge on any atom is 0.326 e. The normalized spacial score (nSPS) is 17.3. The zero-order chi connectivity index (χ0) is 25.2.